The molecule has 0 spiro atoms. The molecule has 1 atom stereocenters. The molecule has 0 aromatic carbocycles. The SMILES string of the molecule is O=C(c1ccncc1)N1CCC[C@H](c2ncncc2-c2ccncc2)C1. The van der Waals surface area contributed by atoms with Crippen molar-refractivity contribution < 1.29 is 4.79 Å². The molecule has 0 N–H and O–H groups in total. The van der Waals surface area contributed by atoms with Crippen molar-refractivity contribution >= 4 is 5.91 Å². The smallest absolute Gasteiger partial charge is 0.253 e. The fourth-order valence-electron chi connectivity index (χ4n) is 3.48. The molecule has 1 amide bonds. The average Bonchev–Trinajstić information content (AvgIpc) is 2.74. The fraction of sp³-hybridized carbons (Fsp3) is 0.250. The molecule has 6 heteroatoms. The number of nitrogens with zero attached hydrogens (tertiary/aromatic N) is 5. The molecule has 3 aromatic heterocycles. The minimum atomic E-state index is 0.0524. The third-order valence-electron chi connectivity index (χ3n) is 4.76. The van der Waals surface area contributed by atoms with E-state index in [4.69, 9.17) is 0 Å². The molecule has 4 rings (SSSR count). The van der Waals surface area contributed by atoms with E-state index in [2.05, 4.69) is 19.9 Å². The van der Waals surface area contributed by atoms with Crippen LogP contribution in [0.2, 0.25) is 0 Å². The summed E-state index contributed by atoms with van der Waals surface area (Å²) in [6, 6.07) is 7.45. The molecule has 6 nitrogen and oxygen atoms in total. The van der Waals surface area contributed by atoms with Crippen LogP contribution in [-0.2, 0) is 0 Å². The molecule has 0 bridgehead atoms. The van der Waals surface area contributed by atoms with Crippen LogP contribution in [0.25, 0.3) is 11.1 Å². The Morgan fingerprint density at radius 3 is 2.50 bits per heavy atom. The van der Waals surface area contributed by atoms with Gasteiger partial charge in [-0.2, -0.15) is 0 Å². The van der Waals surface area contributed by atoms with E-state index in [0.717, 1.165) is 36.2 Å². The van der Waals surface area contributed by atoms with E-state index in [-0.39, 0.29) is 11.8 Å². The number of piperidine rings is 1. The number of rotatable bonds is 3. The van der Waals surface area contributed by atoms with Gasteiger partial charge >= 0.3 is 0 Å². The standard InChI is InChI=1S/C20H19N5O/c26-20(16-5-9-22-10-6-16)25-11-1-2-17(13-25)19-18(12-23-14-24-19)15-3-7-21-8-4-15/h3-10,12,14,17H,1-2,11,13H2/t17-/m0/s1. The number of hydrogen-bond donors (Lipinski definition) is 0. The maximum atomic E-state index is 12.8. The van der Waals surface area contributed by atoms with Crippen LogP contribution in [0.4, 0.5) is 0 Å². The number of carbonyl (C=O) groups is 1. The van der Waals surface area contributed by atoms with E-state index in [1.807, 2.05) is 23.2 Å². The lowest BCUT2D eigenvalue weighted by Gasteiger charge is -2.33. The third kappa shape index (κ3) is 3.31. The van der Waals surface area contributed by atoms with Crippen LogP contribution in [0.15, 0.2) is 61.6 Å². The van der Waals surface area contributed by atoms with E-state index in [1.165, 1.54) is 0 Å². The summed E-state index contributed by atoms with van der Waals surface area (Å²) in [4.78, 5) is 31.5. The third-order valence-corrected chi connectivity index (χ3v) is 4.76. The molecule has 0 saturated carbocycles. The average molecular weight is 345 g/mol. The second kappa shape index (κ2) is 7.39. The summed E-state index contributed by atoms with van der Waals surface area (Å²) in [7, 11) is 0. The first-order chi connectivity index (χ1) is 12.8. The molecule has 1 aliphatic rings. The van der Waals surface area contributed by atoms with Crippen LogP contribution in [0.3, 0.4) is 0 Å². The van der Waals surface area contributed by atoms with Gasteiger partial charge in [0.25, 0.3) is 5.91 Å². The molecule has 130 valence electrons. The zero-order valence-electron chi connectivity index (χ0n) is 14.3. The molecule has 4 heterocycles. The quantitative estimate of drug-likeness (QED) is 0.730. The summed E-state index contributed by atoms with van der Waals surface area (Å²) in [5.74, 6) is 0.248. The lowest BCUT2D eigenvalue weighted by molar-refractivity contribution is 0.0706. The van der Waals surface area contributed by atoms with Gasteiger partial charge in [-0.15, -0.1) is 0 Å². The molecule has 3 aromatic rings. The Balaban J connectivity index is 1.60. The number of pyridine rings is 2. The van der Waals surface area contributed by atoms with E-state index >= 15 is 0 Å². The first-order valence-electron chi connectivity index (χ1n) is 8.72. The van der Waals surface area contributed by atoms with Gasteiger partial charge in [0.05, 0.1) is 5.69 Å². The van der Waals surface area contributed by atoms with Crippen molar-refractivity contribution in [1.29, 1.82) is 0 Å². The van der Waals surface area contributed by atoms with Crippen LogP contribution in [0.1, 0.15) is 34.8 Å². The summed E-state index contributed by atoms with van der Waals surface area (Å²) in [6.45, 7) is 1.43. The molecule has 1 aliphatic heterocycles. The fourth-order valence-corrected chi connectivity index (χ4v) is 3.48. The topological polar surface area (TPSA) is 71.9 Å². The molecule has 1 saturated heterocycles. The second-order valence-electron chi connectivity index (χ2n) is 6.38. The van der Waals surface area contributed by atoms with Gasteiger partial charge in [0.15, 0.2) is 0 Å². The van der Waals surface area contributed by atoms with Crippen LogP contribution in [0.5, 0.6) is 0 Å². The van der Waals surface area contributed by atoms with E-state index in [9.17, 15) is 4.79 Å². The lowest BCUT2D eigenvalue weighted by Crippen LogP contribution is -2.39. The number of likely N-dealkylation sites (tertiary alicyclic amines) is 1. The Hall–Kier alpha value is -3.15. The maximum Gasteiger partial charge on any atom is 0.253 e. The minimum absolute atomic E-state index is 0.0524. The van der Waals surface area contributed by atoms with Gasteiger partial charge in [0.1, 0.15) is 6.33 Å². The highest BCUT2D eigenvalue weighted by atomic mass is 16.2. The largest absolute Gasteiger partial charge is 0.338 e. The van der Waals surface area contributed by atoms with Gasteiger partial charge in [-0.25, -0.2) is 9.97 Å². The van der Waals surface area contributed by atoms with Crippen molar-refractivity contribution in [1.82, 2.24) is 24.8 Å². The van der Waals surface area contributed by atoms with E-state index < -0.39 is 0 Å². The molecule has 0 radical (unpaired) electrons. The zero-order chi connectivity index (χ0) is 17.8. The molecular weight excluding hydrogens is 326 g/mol. The Kier molecular flexibility index (Phi) is 4.64. The Bertz CT molecular complexity index is 885. The predicted octanol–water partition coefficient (Wildman–Crippen LogP) is 2.95. The number of aromatic nitrogens is 4. The van der Waals surface area contributed by atoms with Gasteiger partial charge in [-0.3, -0.25) is 14.8 Å². The van der Waals surface area contributed by atoms with E-state index in [0.29, 0.717) is 12.1 Å². The highest BCUT2D eigenvalue weighted by Gasteiger charge is 2.28. The number of carbonyl (C=O) groups excluding carboxylic acids is 1. The van der Waals surface area contributed by atoms with E-state index in [1.54, 1.807) is 43.2 Å². The Morgan fingerprint density at radius 1 is 1.00 bits per heavy atom. The Labute approximate surface area is 152 Å². The second-order valence-corrected chi connectivity index (χ2v) is 6.38. The minimum Gasteiger partial charge on any atom is -0.338 e. The summed E-state index contributed by atoms with van der Waals surface area (Å²) in [5.41, 5.74) is 3.74. The van der Waals surface area contributed by atoms with Gasteiger partial charge in [0.2, 0.25) is 0 Å². The molecular formula is C20H19N5O. The molecule has 0 aliphatic carbocycles. The summed E-state index contributed by atoms with van der Waals surface area (Å²) < 4.78 is 0. The summed E-state index contributed by atoms with van der Waals surface area (Å²) >= 11 is 0. The molecule has 0 unspecified atom stereocenters. The van der Waals surface area contributed by atoms with Gasteiger partial charge in [-0.05, 0) is 42.7 Å². The van der Waals surface area contributed by atoms with Gasteiger partial charge in [0, 0.05) is 61.1 Å². The van der Waals surface area contributed by atoms with Crippen LogP contribution >= 0.6 is 0 Å². The van der Waals surface area contributed by atoms with Crippen LogP contribution < -0.4 is 0 Å². The first kappa shape index (κ1) is 16.3. The summed E-state index contributed by atoms with van der Waals surface area (Å²) in [6.07, 6.45) is 12.3. The zero-order valence-corrected chi connectivity index (χ0v) is 14.3. The normalized spacial score (nSPS) is 17.1. The predicted molar refractivity (Wildman–Crippen MR) is 97.4 cm³/mol. The van der Waals surface area contributed by atoms with Crippen molar-refractivity contribution in [3.8, 4) is 11.1 Å². The van der Waals surface area contributed by atoms with Crippen LogP contribution in [-0.4, -0.2) is 43.8 Å². The van der Waals surface area contributed by atoms with Crippen molar-refractivity contribution in [2.75, 3.05) is 13.1 Å². The van der Waals surface area contributed by atoms with Crippen molar-refractivity contribution in [2.45, 2.75) is 18.8 Å². The maximum absolute atomic E-state index is 12.8. The number of hydrogen-bond acceptors (Lipinski definition) is 5. The van der Waals surface area contributed by atoms with Crippen molar-refractivity contribution in [3.63, 3.8) is 0 Å². The highest BCUT2D eigenvalue weighted by molar-refractivity contribution is 5.94. The van der Waals surface area contributed by atoms with Crippen molar-refractivity contribution in [3.05, 3.63) is 72.8 Å². The monoisotopic (exact) mass is 345 g/mol. The molecule has 1 fully saturated rings. The van der Waals surface area contributed by atoms with Crippen LogP contribution in [0, 0.1) is 0 Å². The first-order valence-corrected chi connectivity index (χ1v) is 8.72. The van der Waals surface area contributed by atoms with Gasteiger partial charge in [-0.1, -0.05) is 0 Å². The van der Waals surface area contributed by atoms with Crippen molar-refractivity contribution in [2.24, 2.45) is 0 Å². The molecule has 26 heavy (non-hydrogen) atoms. The lowest BCUT2D eigenvalue weighted by atomic mass is 9.90. The summed E-state index contributed by atoms with van der Waals surface area (Å²) in [5, 5.41) is 0. The highest BCUT2D eigenvalue weighted by Crippen LogP contribution is 2.32. The van der Waals surface area contributed by atoms with Gasteiger partial charge < -0.3 is 4.90 Å². The number of amides is 1. The Morgan fingerprint density at radius 2 is 1.73 bits per heavy atom.